The number of hydrogen-bond acceptors (Lipinski definition) is 7. The van der Waals surface area contributed by atoms with Crippen LogP contribution in [0, 0.1) is 0 Å². The first-order valence-corrected chi connectivity index (χ1v) is 10.4. The van der Waals surface area contributed by atoms with Crippen LogP contribution >= 0.6 is 0 Å². The first-order valence-electron chi connectivity index (χ1n) is 10.4. The van der Waals surface area contributed by atoms with Gasteiger partial charge in [0.05, 0.1) is 13.7 Å². The predicted molar refractivity (Wildman–Crippen MR) is 124 cm³/mol. The quantitative estimate of drug-likeness (QED) is 0.239. The smallest absolute Gasteiger partial charge is 0.349 e. The zero-order valence-corrected chi connectivity index (χ0v) is 18.8. The number of methoxy groups -OCH3 is 1. The molecule has 1 aromatic heterocycles. The molecule has 0 fully saturated rings. The van der Waals surface area contributed by atoms with Crippen LogP contribution in [-0.4, -0.2) is 31.6 Å². The van der Waals surface area contributed by atoms with Gasteiger partial charge in [-0.15, -0.1) is 0 Å². The highest BCUT2D eigenvalue weighted by Gasteiger charge is 2.15. The molecule has 0 aliphatic heterocycles. The van der Waals surface area contributed by atoms with Gasteiger partial charge < -0.3 is 23.9 Å². The number of rotatable bonds is 8. The lowest BCUT2D eigenvalue weighted by molar-refractivity contribution is -0.128. The van der Waals surface area contributed by atoms with E-state index in [4.69, 9.17) is 18.6 Å². The number of amides is 1. The van der Waals surface area contributed by atoms with Gasteiger partial charge in [-0.25, -0.2) is 9.59 Å². The molecule has 8 nitrogen and oxygen atoms in total. The molecule has 0 aliphatic rings. The molecule has 0 spiro atoms. The largest absolute Gasteiger partial charge is 0.493 e. The predicted octanol–water partition coefficient (Wildman–Crippen LogP) is 3.96. The van der Waals surface area contributed by atoms with E-state index in [0.717, 1.165) is 5.56 Å². The number of hydrogen-bond donors (Lipinski definition) is 1. The van der Waals surface area contributed by atoms with Crippen LogP contribution in [0.3, 0.4) is 0 Å². The van der Waals surface area contributed by atoms with Crippen molar-refractivity contribution in [3.05, 3.63) is 70.1 Å². The van der Waals surface area contributed by atoms with E-state index in [-0.39, 0.29) is 22.9 Å². The molecule has 33 heavy (non-hydrogen) atoms. The van der Waals surface area contributed by atoms with E-state index in [1.165, 1.54) is 25.3 Å². The minimum Gasteiger partial charge on any atom is -0.493 e. The summed E-state index contributed by atoms with van der Waals surface area (Å²) in [6, 6.07) is 11.2. The van der Waals surface area contributed by atoms with Crippen molar-refractivity contribution in [2.75, 3.05) is 13.7 Å². The highest BCUT2D eigenvalue weighted by Crippen LogP contribution is 2.28. The van der Waals surface area contributed by atoms with Crippen LogP contribution in [0.15, 0.2) is 57.8 Å². The average Bonchev–Trinajstić information content (AvgIpc) is 2.77. The Balaban J connectivity index is 1.74. The highest BCUT2D eigenvalue weighted by molar-refractivity contribution is 5.97. The topological polar surface area (TPSA) is 104 Å². The number of benzene rings is 2. The third-order valence-corrected chi connectivity index (χ3v) is 4.49. The van der Waals surface area contributed by atoms with E-state index in [1.807, 2.05) is 6.92 Å². The van der Waals surface area contributed by atoms with Crippen LogP contribution in [0.1, 0.15) is 36.7 Å². The second-order valence-corrected chi connectivity index (χ2v) is 7.37. The van der Waals surface area contributed by atoms with Gasteiger partial charge in [-0.1, -0.05) is 6.07 Å². The third kappa shape index (κ3) is 6.00. The van der Waals surface area contributed by atoms with Crippen molar-refractivity contribution in [1.82, 2.24) is 5.32 Å². The van der Waals surface area contributed by atoms with Crippen molar-refractivity contribution in [3.63, 3.8) is 0 Å². The Bertz CT molecular complexity index is 1260. The minimum atomic E-state index is -0.770. The number of nitrogens with one attached hydrogen (secondary N) is 1. The SMILES string of the molecule is CCOc1ccc(/C=C/C(=O)Oc2ccc3cc(C(=O)NC(C)C)c(=O)oc3c2)cc1OC. The fourth-order valence-electron chi connectivity index (χ4n) is 3.03. The number of fused-ring (bicyclic) bond motifs is 1. The van der Waals surface area contributed by atoms with Crippen LogP contribution < -0.4 is 25.2 Å². The van der Waals surface area contributed by atoms with E-state index in [1.54, 1.807) is 50.3 Å². The Kier molecular flexibility index (Phi) is 7.50. The van der Waals surface area contributed by atoms with E-state index < -0.39 is 17.5 Å². The van der Waals surface area contributed by atoms with E-state index in [2.05, 4.69) is 5.32 Å². The standard InChI is InChI=1S/C25H25NO7/c1-5-31-20-10-6-16(12-22(20)30-4)7-11-23(27)32-18-9-8-17-13-19(24(28)26-15(2)3)25(29)33-21(17)14-18/h6-15H,5H2,1-4H3,(H,26,28)/b11-7+. The van der Waals surface area contributed by atoms with E-state index >= 15 is 0 Å². The molecular weight excluding hydrogens is 426 g/mol. The maximum atomic E-state index is 12.2. The Morgan fingerprint density at radius 3 is 2.58 bits per heavy atom. The first kappa shape index (κ1) is 23.6. The number of esters is 1. The molecule has 0 bridgehead atoms. The van der Waals surface area contributed by atoms with Gasteiger partial charge in [-0.05, 0) is 62.7 Å². The van der Waals surface area contributed by atoms with Crippen LogP contribution in [0.25, 0.3) is 17.0 Å². The summed E-state index contributed by atoms with van der Waals surface area (Å²) >= 11 is 0. The Hall–Kier alpha value is -4.07. The molecule has 0 saturated carbocycles. The molecule has 0 saturated heterocycles. The normalized spacial score (nSPS) is 11.1. The fraction of sp³-hybridized carbons (Fsp3) is 0.240. The molecule has 1 N–H and O–H groups in total. The van der Waals surface area contributed by atoms with Gasteiger partial charge in [0.2, 0.25) is 0 Å². The van der Waals surface area contributed by atoms with Gasteiger partial charge in [0.25, 0.3) is 5.91 Å². The molecule has 3 rings (SSSR count). The maximum Gasteiger partial charge on any atom is 0.349 e. The summed E-state index contributed by atoms with van der Waals surface area (Å²) in [7, 11) is 1.54. The molecule has 172 valence electrons. The number of carbonyl (C=O) groups is 2. The zero-order chi connectivity index (χ0) is 24.0. The Labute approximate surface area is 190 Å². The van der Waals surface area contributed by atoms with Crippen LogP contribution in [-0.2, 0) is 4.79 Å². The van der Waals surface area contributed by atoms with Crippen molar-refractivity contribution < 1.29 is 28.2 Å². The summed E-state index contributed by atoms with van der Waals surface area (Å²) in [5, 5.41) is 3.18. The summed E-state index contributed by atoms with van der Waals surface area (Å²) in [5.41, 5.74) is 0.0683. The second-order valence-electron chi connectivity index (χ2n) is 7.37. The van der Waals surface area contributed by atoms with Crippen molar-refractivity contribution >= 4 is 28.9 Å². The summed E-state index contributed by atoms with van der Waals surface area (Å²) in [6.45, 7) is 5.98. The lowest BCUT2D eigenvalue weighted by Gasteiger charge is -2.09. The third-order valence-electron chi connectivity index (χ3n) is 4.49. The van der Waals surface area contributed by atoms with Crippen LogP contribution in [0.2, 0.25) is 0 Å². The van der Waals surface area contributed by atoms with Gasteiger partial charge in [0, 0.05) is 23.6 Å². The lowest BCUT2D eigenvalue weighted by Crippen LogP contribution is -2.33. The maximum absolute atomic E-state index is 12.2. The highest BCUT2D eigenvalue weighted by atomic mass is 16.5. The Morgan fingerprint density at radius 2 is 1.88 bits per heavy atom. The van der Waals surface area contributed by atoms with Gasteiger partial charge in [0.1, 0.15) is 16.9 Å². The summed E-state index contributed by atoms with van der Waals surface area (Å²) in [4.78, 5) is 36.6. The van der Waals surface area contributed by atoms with Crippen molar-refractivity contribution in [2.24, 2.45) is 0 Å². The summed E-state index contributed by atoms with van der Waals surface area (Å²) in [5.74, 6) is 0.245. The molecule has 1 heterocycles. The zero-order valence-electron chi connectivity index (χ0n) is 18.8. The fourth-order valence-corrected chi connectivity index (χ4v) is 3.03. The van der Waals surface area contributed by atoms with Gasteiger partial charge in [-0.2, -0.15) is 0 Å². The second kappa shape index (κ2) is 10.5. The van der Waals surface area contributed by atoms with E-state index in [0.29, 0.717) is 23.5 Å². The minimum absolute atomic E-state index is 0.0883. The van der Waals surface area contributed by atoms with E-state index in [9.17, 15) is 14.4 Å². The Morgan fingerprint density at radius 1 is 1.09 bits per heavy atom. The monoisotopic (exact) mass is 451 g/mol. The van der Waals surface area contributed by atoms with Gasteiger partial charge in [0.15, 0.2) is 11.5 Å². The lowest BCUT2D eigenvalue weighted by atomic mass is 10.1. The molecular formula is C25H25NO7. The first-order chi connectivity index (χ1) is 15.8. The van der Waals surface area contributed by atoms with Gasteiger partial charge >= 0.3 is 11.6 Å². The molecule has 8 heteroatoms. The summed E-state index contributed by atoms with van der Waals surface area (Å²) < 4.78 is 21.3. The van der Waals surface area contributed by atoms with Crippen molar-refractivity contribution in [3.8, 4) is 17.2 Å². The molecule has 0 radical (unpaired) electrons. The molecule has 0 aliphatic carbocycles. The number of ether oxygens (including phenoxy) is 3. The van der Waals surface area contributed by atoms with Gasteiger partial charge in [-0.3, -0.25) is 4.79 Å². The molecule has 0 atom stereocenters. The number of carbonyl (C=O) groups excluding carboxylic acids is 2. The molecule has 0 unspecified atom stereocenters. The average molecular weight is 451 g/mol. The van der Waals surface area contributed by atoms with Crippen molar-refractivity contribution in [2.45, 2.75) is 26.8 Å². The molecule has 2 aromatic carbocycles. The summed E-state index contributed by atoms with van der Waals surface area (Å²) in [6.07, 6.45) is 2.86. The van der Waals surface area contributed by atoms with Crippen LogP contribution in [0.5, 0.6) is 17.2 Å². The molecule has 1 amide bonds. The van der Waals surface area contributed by atoms with Crippen LogP contribution in [0.4, 0.5) is 0 Å². The molecule has 3 aromatic rings. The van der Waals surface area contributed by atoms with Crippen molar-refractivity contribution in [1.29, 1.82) is 0 Å².